The molecule has 0 spiro atoms. The summed E-state index contributed by atoms with van der Waals surface area (Å²) in [7, 11) is 0. The Labute approximate surface area is 68.0 Å². The monoisotopic (exact) mass is 177 g/mol. The predicted molar refractivity (Wildman–Crippen MR) is 37.1 cm³/mol. The van der Waals surface area contributed by atoms with E-state index in [2.05, 4.69) is 19.9 Å². The molecule has 0 amide bonds. The van der Waals surface area contributed by atoms with Crippen LogP contribution in [0, 0.1) is 0 Å². The van der Waals surface area contributed by atoms with Crippen LogP contribution >= 0.6 is 0 Å². The van der Waals surface area contributed by atoms with Gasteiger partial charge in [0.05, 0.1) is 0 Å². The van der Waals surface area contributed by atoms with Crippen molar-refractivity contribution >= 4 is 0 Å². The number of ether oxygens (including phenoxy) is 1. The minimum atomic E-state index is -2.87. The minimum absolute atomic E-state index is 0.118. The third-order valence-corrected chi connectivity index (χ3v) is 1.22. The molecule has 0 unspecified atom stereocenters. The summed E-state index contributed by atoms with van der Waals surface area (Å²) in [6.07, 6.45) is 0. The molecule has 4 nitrogen and oxygen atoms in total. The van der Waals surface area contributed by atoms with Gasteiger partial charge in [-0.2, -0.15) is 13.8 Å². The zero-order chi connectivity index (χ0) is 9.14. The maximum Gasteiger partial charge on any atom is 0.389 e. The lowest BCUT2D eigenvalue weighted by Gasteiger charge is -1.96. The third kappa shape index (κ3) is 2.14. The summed E-state index contributed by atoms with van der Waals surface area (Å²) in [5, 5.41) is 5.93. The molecule has 1 aromatic rings. The Hall–Kier alpha value is -1.20. The minimum Gasteiger partial charge on any atom is -0.400 e. The number of hydrogen-bond acceptors (Lipinski definition) is 3. The van der Waals surface area contributed by atoms with Crippen molar-refractivity contribution in [2.45, 2.75) is 26.4 Å². The Morgan fingerprint density at radius 2 is 2.08 bits per heavy atom. The molecule has 0 aromatic carbocycles. The van der Waals surface area contributed by atoms with Gasteiger partial charge in [0.1, 0.15) is 5.82 Å². The van der Waals surface area contributed by atoms with Gasteiger partial charge in [0.2, 0.25) is 0 Å². The molecular weight excluding hydrogens is 168 g/mol. The van der Waals surface area contributed by atoms with Crippen LogP contribution in [-0.4, -0.2) is 21.8 Å². The second kappa shape index (κ2) is 3.46. The highest BCUT2D eigenvalue weighted by molar-refractivity contribution is 4.98. The van der Waals surface area contributed by atoms with Crippen molar-refractivity contribution in [2.75, 3.05) is 0 Å². The van der Waals surface area contributed by atoms with Crippen LogP contribution in [0.4, 0.5) is 8.78 Å². The van der Waals surface area contributed by atoms with E-state index >= 15 is 0 Å². The molecule has 12 heavy (non-hydrogen) atoms. The molecule has 0 aliphatic carbocycles. The van der Waals surface area contributed by atoms with Gasteiger partial charge in [-0.1, -0.05) is 13.8 Å². The number of hydrogen-bond donors (Lipinski definition) is 1. The molecule has 0 aliphatic heterocycles. The Bertz CT molecular complexity index is 249. The summed E-state index contributed by atoms with van der Waals surface area (Å²) in [5.41, 5.74) is 0. The van der Waals surface area contributed by atoms with E-state index in [1.54, 1.807) is 0 Å². The van der Waals surface area contributed by atoms with Crippen LogP contribution in [0.15, 0.2) is 0 Å². The average molecular weight is 177 g/mol. The van der Waals surface area contributed by atoms with Crippen LogP contribution in [-0.2, 0) is 0 Å². The van der Waals surface area contributed by atoms with E-state index in [-0.39, 0.29) is 11.9 Å². The quantitative estimate of drug-likeness (QED) is 0.761. The van der Waals surface area contributed by atoms with Crippen molar-refractivity contribution in [1.82, 2.24) is 15.2 Å². The Balaban J connectivity index is 2.64. The normalized spacial score (nSPS) is 11.2. The third-order valence-electron chi connectivity index (χ3n) is 1.22. The second-order valence-electron chi connectivity index (χ2n) is 2.54. The van der Waals surface area contributed by atoms with Gasteiger partial charge in [-0.05, 0) is 0 Å². The maximum absolute atomic E-state index is 11.6. The average Bonchev–Trinajstić information content (AvgIpc) is 2.34. The van der Waals surface area contributed by atoms with Crippen molar-refractivity contribution in [1.29, 1.82) is 0 Å². The van der Waals surface area contributed by atoms with Gasteiger partial charge >= 0.3 is 12.6 Å². The summed E-state index contributed by atoms with van der Waals surface area (Å²) in [6.45, 7) is 0.861. The lowest BCUT2D eigenvalue weighted by atomic mass is 10.2. The number of nitrogens with one attached hydrogen (secondary N) is 1. The number of halogens is 2. The highest BCUT2D eigenvalue weighted by atomic mass is 19.3. The Kier molecular flexibility index (Phi) is 2.57. The first kappa shape index (κ1) is 8.89. The summed E-state index contributed by atoms with van der Waals surface area (Å²) < 4.78 is 27.2. The van der Waals surface area contributed by atoms with Crippen LogP contribution in [0.25, 0.3) is 0 Å². The number of rotatable bonds is 3. The maximum atomic E-state index is 11.6. The van der Waals surface area contributed by atoms with Crippen molar-refractivity contribution in [3.8, 4) is 6.01 Å². The molecule has 68 valence electrons. The van der Waals surface area contributed by atoms with Crippen LogP contribution in [0.2, 0.25) is 0 Å². The van der Waals surface area contributed by atoms with E-state index in [1.807, 2.05) is 13.8 Å². The van der Waals surface area contributed by atoms with Gasteiger partial charge < -0.3 is 4.74 Å². The zero-order valence-corrected chi connectivity index (χ0v) is 6.71. The van der Waals surface area contributed by atoms with E-state index in [1.165, 1.54) is 0 Å². The summed E-state index contributed by atoms with van der Waals surface area (Å²) in [4.78, 5) is 3.68. The zero-order valence-electron chi connectivity index (χ0n) is 6.71. The first-order valence-corrected chi connectivity index (χ1v) is 3.46. The van der Waals surface area contributed by atoms with Gasteiger partial charge in [0.25, 0.3) is 0 Å². The van der Waals surface area contributed by atoms with Gasteiger partial charge in [-0.3, -0.25) is 5.10 Å². The standard InChI is InChI=1S/C6H9F2N3O/c1-3(2)4-9-6(11-10-4)12-5(7)8/h3,5H,1-2H3,(H,9,10,11). The van der Waals surface area contributed by atoms with Crippen LogP contribution in [0.5, 0.6) is 6.01 Å². The molecule has 1 rings (SSSR count). The smallest absolute Gasteiger partial charge is 0.389 e. The van der Waals surface area contributed by atoms with Crippen molar-refractivity contribution in [3.05, 3.63) is 5.82 Å². The van der Waals surface area contributed by atoms with E-state index in [0.717, 1.165) is 0 Å². The second-order valence-corrected chi connectivity index (χ2v) is 2.54. The van der Waals surface area contributed by atoms with Crippen molar-refractivity contribution in [2.24, 2.45) is 0 Å². The Morgan fingerprint density at radius 3 is 2.50 bits per heavy atom. The van der Waals surface area contributed by atoms with E-state index in [9.17, 15) is 8.78 Å². The predicted octanol–water partition coefficient (Wildman–Crippen LogP) is 1.53. The topological polar surface area (TPSA) is 50.8 Å². The number of aromatic nitrogens is 3. The highest BCUT2D eigenvalue weighted by Crippen LogP contribution is 2.12. The molecule has 1 heterocycles. The highest BCUT2D eigenvalue weighted by Gasteiger charge is 2.11. The summed E-state index contributed by atoms with van der Waals surface area (Å²) in [6, 6.07) is -0.311. The fourth-order valence-electron chi connectivity index (χ4n) is 0.649. The molecule has 1 N–H and O–H groups in total. The fraction of sp³-hybridized carbons (Fsp3) is 0.667. The van der Waals surface area contributed by atoms with Gasteiger partial charge in [-0.25, -0.2) is 0 Å². The van der Waals surface area contributed by atoms with E-state index in [4.69, 9.17) is 0 Å². The first-order chi connectivity index (χ1) is 5.59. The van der Waals surface area contributed by atoms with Crippen molar-refractivity contribution in [3.63, 3.8) is 0 Å². The first-order valence-electron chi connectivity index (χ1n) is 3.46. The van der Waals surface area contributed by atoms with Crippen molar-refractivity contribution < 1.29 is 13.5 Å². The molecule has 6 heteroatoms. The van der Waals surface area contributed by atoms with Gasteiger partial charge in [-0.15, -0.1) is 5.10 Å². The van der Waals surface area contributed by atoms with Crippen LogP contribution in [0.1, 0.15) is 25.6 Å². The van der Waals surface area contributed by atoms with E-state index < -0.39 is 6.61 Å². The number of aromatic amines is 1. The fourth-order valence-corrected chi connectivity index (χ4v) is 0.649. The molecule has 1 aromatic heterocycles. The lowest BCUT2D eigenvalue weighted by Crippen LogP contribution is -2.03. The van der Waals surface area contributed by atoms with Crippen LogP contribution in [0.3, 0.4) is 0 Å². The molecule has 0 saturated heterocycles. The van der Waals surface area contributed by atoms with E-state index in [0.29, 0.717) is 5.82 Å². The molecule has 0 saturated carbocycles. The molecule has 0 radical (unpaired) electrons. The number of nitrogens with zero attached hydrogens (tertiary/aromatic N) is 2. The largest absolute Gasteiger partial charge is 0.400 e. The molecule has 0 fully saturated rings. The molecule has 0 atom stereocenters. The SMILES string of the molecule is CC(C)c1nc(OC(F)F)n[nH]1. The van der Waals surface area contributed by atoms with Gasteiger partial charge in [0, 0.05) is 5.92 Å². The Morgan fingerprint density at radius 1 is 1.42 bits per heavy atom. The molecular formula is C6H9F2N3O. The van der Waals surface area contributed by atoms with Crippen LogP contribution < -0.4 is 4.74 Å². The molecule has 0 bridgehead atoms. The number of alkyl halides is 2. The summed E-state index contributed by atoms with van der Waals surface area (Å²) in [5.74, 6) is 0.651. The summed E-state index contributed by atoms with van der Waals surface area (Å²) >= 11 is 0. The lowest BCUT2D eigenvalue weighted by molar-refractivity contribution is -0.0558. The van der Waals surface area contributed by atoms with Gasteiger partial charge in [0.15, 0.2) is 0 Å². The molecule has 0 aliphatic rings. The number of H-pyrrole nitrogens is 1.